The fourth-order valence-corrected chi connectivity index (χ4v) is 7.86. The molecule has 0 bridgehead atoms. The number of ether oxygens (including phenoxy) is 4. The third-order valence-electron chi connectivity index (χ3n) is 11.3. The van der Waals surface area contributed by atoms with E-state index in [1.165, 1.54) is 10.5 Å². The first kappa shape index (κ1) is 58.7. The van der Waals surface area contributed by atoms with Gasteiger partial charge in [0, 0.05) is 6.42 Å². The van der Waals surface area contributed by atoms with Crippen LogP contribution >= 0.6 is 11.6 Å². The van der Waals surface area contributed by atoms with Crippen LogP contribution in [-0.4, -0.2) is 65.5 Å². The van der Waals surface area contributed by atoms with E-state index in [0.717, 1.165) is 56.5 Å². The number of amides is 3. The number of alkyl carbamates (subject to hydrolysis) is 1. The second kappa shape index (κ2) is 28.9. The highest BCUT2D eigenvalue weighted by molar-refractivity contribution is 6.63. The van der Waals surface area contributed by atoms with Crippen LogP contribution in [0.4, 0.5) is 9.59 Å². The molecule has 72 heavy (non-hydrogen) atoms. The Kier molecular flexibility index (Phi) is 23.6. The van der Waals surface area contributed by atoms with Crippen LogP contribution in [0.25, 0.3) is 0 Å². The Hall–Kier alpha value is -7.57. The summed E-state index contributed by atoms with van der Waals surface area (Å²) in [4.78, 5) is 72.3. The number of carbonyl (C=O) groups excluding carboxylic acids is 6. The molecule has 1 N–H and O–H groups in total. The van der Waals surface area contributed by atoms with Crippen molar-refractivity contribution in [3.8, 4) is 0 Å². The number of hydrogen-bond acceptors (Lipinski definition) is 10. The van der Waals surface area contributed by atoms with Crippen molar-refractivity contribution >= 4 is 46.9 Å². The van der Waals surface area contributed by atoms with Gasteiger partial charge in [0.15, 0.2) is 0 Å². The van der Waals surface area contributed by atoms with Gasteiger partial charge in [-0.25, -0.2) is 24.1 Å². The van der Waals surface area contributed by atoms with Gasteiger partial charge in [0.25, 0.3) is 0 Å². The molecule has 0 unspecified atom stereocenters. The van der Waals surface area contributed by atoms with Gasteiger partial charge in [-0.1, -0.05) is 167 Å². The smallest absolute Gasteiger partial charge is 0.416 e. The van der Waals surface area contributed by atoms with Crippen LogP contribution in [0.2, 0.25) is 0 Å². The van der Waals surface area contributed by atoms with E-state index < -0.39 is 11.3 Å². The van der Waals surface area contributed by atoms with Gasteiger partial charge >= 0.3 is 24.1 Å². The third kappa shape index (κ3) is 18.0. The van der Waals surface area contributed by atoms with Crippen molar-refractivity contribution in [3.05, 3.63) is 212 Å². The number of cyclic esters (lactones) is 2. The predicted octanol–water partition coefficient (Wildman–Crippen LogP) is 12.0. The molecule has 12 nitrogen and oxygen atoms in total. The van der Waals surface area contributed by atoms with Crippen molar-refractivity contribution in [1.82, 2.24) is 10.2 Å². The minimum atomic E-state index is -0.596. The van der Waals surface area contributed by atoms with Crippen molar-refractivity contribution in [2.24, 2.45) is 0 Å². The highest BCUT2D eigenvalue weighted by atomic mass is 35.5. The standard InChI is InChI=1S/C28H27NO5.C18H17ClO3.C10H11NO2.3CH4/c1-19-8-13-25(20(2)14-19)27(31)33-17-23-11-9-22(10-12-23)16-26(30)29-24(18-34-28(29)32)15-21-6-4-3-5-7-21;1-12-3-8-16(13(2)9-12)18(21)22-11-15-6-4-14(5-7-15)10-17(19)20;12-10-11-9(7-13-10)6-8-4-2-1-3-5-8;;;/h3-14,24H,15-18H2,1-2H3;3-9H,10-11H2,1-2H3;1-5,9H,6-7H2,(H,11,12);3*1H4/t24-;;9-;;;/m1.1.../s1. The number of nitrogens with zero attached hydrogens (tertiary/aromatic N) is 1. The Labute approximate surface area is 429 Å². The number of imide groups is 1. The zero-order chi connectivity index (χ0) is 49.3. The van der Waals surface area contributed by atoms with Crippen molar-refractivity contribution in [2.75, 3.05) is 13.2 Å². The number of nitrogens with one attached hydrogen (secondary N) is 1. The molecule has 2 saturated heterocycles. The van der Waals surface area contributed by atoms with Gasteiger partial charge in [0.2, 0.25) is 11.1 Å². The van der Waals surface area contributed by atoms with Gasteiger partial charge in [-0.3, -0.25) is 9.59 Å². The number of carbonyl (C=O) groups is 6. The maximum atomic E-state index is 12.9. The Morgan fingerprint density at radius 3 is 1.43 bits per heavy atom. The summed E-state index contributed by atoms with van der Waals surface area (Å²) in [5.74, 6) is -0.997. The largest absolute Gasteiger partial charge is 0.457 e. The van der Waals surface area contributed by atoms with E-state index in [4.69, 9.17) is 30.5 Å². The Balaban J connectivity index is 0.000000309. The zero-order valence-corrected chi connectivity index (χ0v) is 39.8. The minimum absolute atomic E-state index is 0. The summed E-state index contributed by atoms with van der Waals surface area (Å²) in [6, 6.07) is 45.4. The average molecular weight is 1000 g/mol. The molecule has 2 fully saturated rings. The van der Waals surface area contributed by atoms with Crippen molar-refractivity contribution in [2.45, 2.75) is 101 Å². The maximum absolute atomic E-state index is 12.9. The SMILES string of the molecule is C.C.C.Cc1ccc(C(=O)OCc2ccc(CC(=O)Cl)cc2)c(C)c1.Cc1ccc(C(=O)OCc2ccc(CC(=O)N3C(=O)OC[C@H]3Cc3ccccc3)cc2)c(C)c1.O=C1N[C@H](Cc2ccccc2)CO1. The van der Waals surface area contributed by atoms with E-state index in [0.29, 0.717) is 24.2 Å². The fraction of sp³-hybridized carbons (Fsp3) is 0.288. The molecule has 2 atom stereocenters. The first-order valence-electron chi connectivity index (χ1n) is 22.5. The molecule has 0 radical (unpaired) electrons. The summed E-state index contributed by atoms with van der Waals surface area (Å²) < 4.78 is 20.7. The van der Waals surface area contributed by atoms with E-state index in [9.17, 15) is 28.8 Å². The van der Waals surface area contributed by atoms with Crippen LogP contribution in [0, 0.1) is 27.7 Å². The lowest BCUT2D eigenvalue weighted by molar-refractivity contribution is -0.128. The molecule has 6 aromatic carbocycles. The molecule has 8 rings (SSSR count). The van der Waals surface area contributed by atoms with Crippen LogP contribution in [0.1, 0.15) is 98.6 Å². The molecule has 0 aliphatic carbocycles. The number of halogens is 1. The zero-order valence-electron chi connectivity index (χ0n) is 39.1. The van der Waals surface area contributed by atoms with Gasteiger partial charge in [0.1, 0.15) is 26.4 Å². The number of aryl methyl sites for hydroxylation is 4. The fourth-order valence-electron chi connectivity index (χ4n) is 7.70. The molecule has 2 aliphatic heterocycles. The van der Waals surface area contributed by atoms with Crippen LogP contribution in [0.3, 0.4) is 0 Å². The van der Waals surface area contributed by atoms with E-state index in [-0.39, 0.29) is 91.0 Å². The Morgan fingerprint density at radius 1 is 0.556 bits per heavy atom. The summed E-state index contributed by atoms with van der Waals surface area (Å²) in [7, 11) is 0. The topological polar surface area (TPSA) is 155 Å². The van der Waals surface area contributed by atoms with Crippen LogP contribution in [-0.2, 0) is 67.4 Å². The summed E-state index contributed by atoms with van der Waals surface area (Å²) in [6.45, 7) is 8.74. The van der Waals surface area contributed by atoms with Gasteiger partial charge in [-0.15, -0.1) is 0 Å². The third-order valence-corrected chi connectivity index (χ3v) is 11.4. The van der Waals surface area contributed by atoms with Gasteiger partial charge in [0.05, 0.1) is 29.6 Å². The molecule has 6 aromatic rings. The number of hydrogen-bond donors (Lipinski definition) is 1. The molecule has 13 heteroatoms. The monoisotopic (exact) mass is 998 g/mol. The number of rotatable bonds is 14. The molecule has 2 heterocycles. The molecule has 2 aliphatic rings. The summed E-state index contributed by atoms with van der Waals surface area (Å²) in [5, 5.41) is 2.35. The maximum Gasteiger partial charge on any atom is 0.416 e. The lowest BCUT2D eigenvalue weighted by Crippen LogP contribution is -2.41. The van der Waals surface area contributed by atoms with E-state index in [1.807, 2.05) is 149 Å². The predicted molar refractivity (Wildman–Crippen MR) is 282 cm³/mol. The molecule has 0 spiro atoms. The number of benzene rings is 6. The highest BCUT2D eigenvalue weighted by Gasteiger charge is 2.37. The minimum Gasteiger partial charge on any atom is -0.457 e. The summed E-state index contributed by atoms with van der Waals surface area (Å²) in [6.07, 6.45) is 0.782. The van der Waals surface area contributed by atoms with Gasteiger partial charge in [-0.2, -0.15) is 0 Å². The Morgan fingerprint density at radius 2 is 1.00 bits per heavy atom. The quantitative estimate of drug-likeness (QED) is 0.0633. The molecule has 0 aromatic heterocycles. The van der Waals surface area contributed by atoms with E-state index in [1.54, 1.807) is 24.3 Å². The van der Waals surface area contributed by atoms with Gasteiger partial charge < -0.3 is 24.3 Å². The lowest BCUT2D eigenvalue weighted by atomic mass is 10.0. The molecule has 0 saturated carbocycles. The van der Waals surface area contributed by atoms with E-state index in [2.05, 4.69) is 5.32 Å². The molecule has 380 valence electrons. The molecule has 3 amide bonds. The van der Waals surface area contributed by atoms with Crippen LogP contribution in [0.15, 0.2) is 146 Å². The van der Waals surface area contributed by atoms with Crippen molar-refractivity contribution < 1.29 is 47.7 Å². The second-order valence-corrected chi connectivity index (χ2v) is 17.4. The van der Waals surface area contributed by atoms with Crippen LogP contribution in [0.5, 0.6) is 0 Å². The first-order chi connectivity index (χ1) is 33.2. The first-order valence-corrected chi connectivity index (χ1v) is 22.9. The van der Waals surface area contributed by atoms with Gasteiger partial charge in [-0.05, 0) is 109 Å². The lowest BCUT2D eigenvalue weighted by Gasteiger charge is -2.19. The average Bonchev–Trinajstić information content (AvgIpc) is 3.92. The molecular formula is C59H67ClN2O10. The summed E-state index contributed by atoms with van der Waals surface area (Å²) in [5.41, 5.74) is 10.7. The summed E-state index contributed by atoms with van der Waals surface area (Å²) >= 11 is 5.34. The highest BCUT2D eigenvalue weighted by Crippen LogP contribution is 2.21. The van der Waals surface area contributed by atoms with Crippen LogP contribution < -0.4 is 5.32 Å². The number of esters is 2. The van der Waals surface area contributed by atoms with Crippen molar-refractivity contribution in [1.29, 1.82) is 0 Å². The van der Waals surface area contributed by atoms with Crippen molar-refractivity contribution in [3.63, 3.8) is 0 Å². The van der Waals surface area contributed by atoms with E-state index >= 15 is 0 Å². The normalized spacial score (nSPS) is 14.1. The Bertz CT molecular complexity index is 2730. The second-order valence-electron chi connectivity index (χ2n) is 16.9. The molecular weight excluding hydrogens is 932 g/mol.